The number of halogens is 4. The first-order valence-electron chi connectivity index (χ1n) is 5.74. The fourth-order valence-corrected chi connectivity index (χ4v) is 1.80. The fourth-order valence-electron chi connectivity index (χ4n) is 1.33. The molecule has 0 radical (unpaired) electrons. The summed E-state index contributed by atoms with van der Waals surface area (Å²) in [5.74, 6) is 0.500. The van der Waals surface area contributed by atoms with E-state index in [1.165, 1.54) is 6.07 Å². The summed E-state index contributed by atoms with van der Waals surface area (Å²) in [4.78, 5) is 11.3. The van der Waals surface area contributed by atoms with Gasteiger partial charge in [0.25, 0.3) is 0 Å². The third-order valence-electron chi connectivity index (χ3n) is 1.95. The van der Waals surface area contributed by atoms with Crippen molar-refractivity contribution in [1.82, 2.24) is 5.32 Å². The minimum absolute atomic E-state index is 0.0591. The van der Waals surface area contributed by atoms with Crippen LogP contribution in [0.4, 0.5) is 23.7 Å². The molecular formula is C12H14BrF3N2O2. The van der Waals surface area contributed by atoms with Gasteiger partial charge in [-0.3, -0.25) is 0 Å². The SMILES string of the molecule is CC(C)Oc1cc(Br)cc(NC(=O)NCC(F)(F)F)c1. The highest BCUT2D eigenvalue weighted by Crippen LogP contribution is 2.25. The van der Waals surface area contributed by atoms with Crippen LogP contribution in [-0.4, -0.2) is 24.9 Å². The molecule has 0 atom stereocenters. The number of nitrogens with one attached hydrogen (secondary N) is 2. The summed E-state index contributed by atoms with van der Waals surface area (Å²) in [6, 6.07) is 3.84. The molecule has 112 valence electrons. The van der Waals surface area contributed by atoms with Gasteiger partial charge in [-0.2, -0.15) is 13.2 Å². The Bertz CT molecular complexity index is 478. The van der Waals surface area contributed by atoms with Gasteiger partial charge in [-0.25, -0.2) is 4.79 Å². The lowest BCUT2D eigenvalue weighted by Crippen LogP contribution is -2.36. The molecule has 1 aromatic rings. The predicted octanol–water partition coefficient (Wildman–Crippen LogP) is 3.92. The van der Waals surface area contributed by atoms with Crippen molar-refractivity contribution in [2.45, 2.75) is 26.1 Å². The Labute approximate surface area is 122 Å². The molecule has 2 amide bonds. The molecule has 0 saturated carbocycles. The number of anilines is 1. The zero-order valence-electron chi connectivity index (χ0n) is 10.8. The topological polar surface area (TPSA) is 50.4 Å². The summed E-state index contributed by atoms with van der Waals surface area (Å²) in [5.41, 5.74) is 0.328. The summed E-state index contributed by atoms with van der Waals surface area (Å²) in [7, 11) is 0. The van der Waals surface area contributed by atoms with Gasteiger partial charge in [0.05, 0.1) is 6.10 Å². The van der Waals surface area contributed by atoms with Gasteiger partial charge in [0.15, 0.2) is 0 Å². The van der Waals surface area contributed by atoms with Crippen LogP contribution in [0.3, 0.4) is 0 Å². The van der Waals surface area contributed by atoms with E-state index < -0.39 is 18.8 Å². The summed E-state index contributed by atoms with van der Waals surface area (Å²) in [5, 5.41) is 4.03. The van der Waals surface area contributed by atoms with Gasteiger partial charge in [-0.15, -0.1) is 0 Å². The Morgan fingerprint density at radius 2 is 2.00 bits per heavy atom. The van der Waals surface area contributed by atoms with E-state index >= 15 is 0 Å². The number of ether oxygens (including phenoxy) is 1. The maximum absolute atomic E-state index is 12.0. The quantitative estimate of drug-likeness (QED) is 0.860. The number of benzene rings is 1. The summed E-state index contributed by atoms with van der Waals surface area (Å²) in [6.07, 6.45) is -4.50. The van der Waals surface area contributed by atoms with Crippen molar-refractivity contribution in [2.24, 2.45) is 0 Å². The number of carbonyl (C=O) groups excluding carboxylic acids is 1. The predicted molar refractivity (Wildman–Crippen MR) is 73.0 cm³/mol. The van der Waals surface area contributed by atoms with E-state index in [1.807, 2.05) is 13.8 Å². The van der Waals surface area contributed by atoms with Crippen LogP contribution in [0, 0.1) is 0 Å². The second kappa shape index (κ2) is 6.83. The molecule has 20 heavy (non-hydrogen) atoms. The first-order valence-corrected chi connectivity index (χ1v) is 6.54. The third kappa shape index (κ3) is 6.65. The number of hydrogen-bond acceptors (Lipinski definition) is 2. The van der Waals surface area contributed by atoms with Crippen LogP contribution in [0.15, 0.2) is 22.7 Å². The summed E-state index contributed by atoms with van der Waals surface area (Å²) in [6.45, 7) is 2.29. The number of amides is 2. The largest absolute Gasteiger partial charge is 0.491 e. The first kappa shape index (κ1) is 16.6. The molecule has 0 aliphatic heterocycles. The number of hydrogen-bond donors (Lipinski definition) is 2. The van der Waals surface area contributed by atoms with Crippen LogP contribution in [0.1, 0.15) is 13.8 Å². The molecule has 0 spiro atoms. The van der Waals surface area contributed by atoms with E-state index in [4.69, 9.17) is 4.74 Å². The first-order chi connectivity index (χ1) is 9.15. The van der Waals surface area contributed by atoms with Gasteiger partial charge in [0.2, 0.25) is 0 Å². The van der Waals surface area contributed by atoms with Gasteiger partial charge >= 0.3 is 12.2 Å². The van der Waals surface area contributed by atoms with Crippen LogP contribution in [0.5, 0.6) is 5.75 Å². The van der Waals surface area contributed by atoms with Crippen molar-refractivity contribution in [1.29, 1.82) is 0 Å². The van der Waals surface area contributed by atoms with Crippen LogP contribution >= 0.6 is 15.9 Å². The van der Waals surface area contributed by atoms with Crippen molar-refractivity contribution in [3.05, 3.63) is 22.7 Å². The third-order valence-corrected chi connectivity index (χ3v) is 2.41. The highest BCUT2D eigenvalue weighted by Gasteiger charge is 2.27. The fraction of sp³-hybridized carbons (Fsp3) is 0.417. The Morgan fingerprint density at radius 1 is 1.35 bits per heavy atom. The normalized spacial score (nSPS) is 11.3. The van der Waals surface area contributed by atoms with Crippen LogP contribution in [-0.2, 0) is 0 Å². The maximum atomic E-state index is 12.0. The molecule has 0 aliphatic rings. The van der Waals surface area contributed by atoms with Crippen molar-refractivity contribution in [3.8, 4) is 5.75 Å². The monoisotopic (exact) mass is 354 g/mol. The van der Waals surface area contributed by atoms with E-state index in [1.54, 1.807) is 17.4 Å². The Morgan fingerprint density at radius 3 is 2.55 bits per heavy atom. The molecule has 1 aromatic carbocycles. The molecule has 0 heterocycles. The Hall–Kier alpha value is -1.44. The molecule has 0 unspecified atom stereocenters. The second-order valence-corrected chi connectivity index (χ2v) is 5.18. The van der Waals surface area contributed by atoms with E-state index in [2.05, 4.69) is 21.2 Å². The van der Waals surface area contributed by atoms with Crippen molar-refractivity contribution >= 4 is 27.6 Å². The molecule has 0 fully saturated rings. The van der Waals surface area contributed by atoms with Gasteiger partial charge in [0.1, 0.15) is 12.3 Å². The number of carbonyl (C=O) groups is 1. The average Bonchev–Trinajstić information content (AvgIpc) is 2.23. The molecule has 0 aliphatic carbocycles. The van der Waals surface area contributed by atoms with E-state index in [9.17, 15) is 18.0 Å². The van der Waals surface area contributed by atoms with Gasteiger partial charge in [0, 0.05) is 16.2 Å². The van der Waals surface area contributed by atoms with Crippen molar-refractivity contribution < 1.29 is 22.7 Å². The molecular weight excluding hydrogens is 341 g/mol. The highest BCUT2D eigenvalue weighted by atomic mass is 79.9. The molecule has 0 aromatic heterocycles. The van der Waals surface area contributed by atoms with Gasteiger partial charge in [-0.1, -0.05) is 15.9 Å². The Balaban J connectivity index is 2.67. The molecule has 0 bridgehead atoms. The number of rotatable bonds is 4. The Kier molecular flexibility index (Phi) is 5.67. The highest BCUT2D eigenvalue weighted by molar-refractivity contribution is 9.10. The van der Waals surface area contributed by atoms with Crippen molar-refractivity contribution in [2.75, 3.05) is 11.9 Å². The van der Waals surface area contributed by atoms with E-state index in [0.717, 1.165) is 0 Å². The van der Waals surface area contributed by atoms with Gasteiger partial charge < -0.3 is 15.4 Å². The second-order valence-electron chi connectivity index (χ2n) is 4.27. The molecule has 4 nitrogen and oxygen atoms in total. The van der Waals surface area contributed by atoms with E-state index in [0.29, 0.717) is 15.9 Å². The smallest absolute Gasteiger partial charge is 0.405 e. The zero-order valence-corrected chi connectivity index (χ0v) is 12.4. The lowest BCUT2D eigenvalue weighted by atomic mass is 10.3. The lowest BCUT2D eigenvalue weighted by molar-refractivity contribution is -0.122. The number of alkyl halides is 3. The minimum Gasteiger partial charge on any atom is -0.491 e. The standard InChI is InChI=1S/C12H14BrF3N2O2/c1-7(2)20-10-4-8(13)3-9(5-10)18-11(19)17-6-12(14,15)16/h3-5,7H,6H2,1-2H3,(H2,17,18,19). The minimum atomic E-state index is -4.44. The average molecular weight is 355 g/mol. The molecule has 8 heteroatoms. The summed E-state index contributed by atoms with van der Waals surface area (Å²) >= 11 is 3.23. The molecule has 2 N–H and O–H groups in total. The molecule has 0 saturated heterocycles. The lowest BCUT2D eigenvalue weighted by Gasteiger charge is -2.13. The van der Waals surface area contributed by atoms with Crippen molar-refractivity contribution in [3.63, 3.8) is 0 Å². The summed E-state index contributed by atoms with van der Waals surface area (Å²) < 4.78 is 42.0. The van der Waals surface area contributed by atoms with Crippen LogP contribution in [0.2, 0.25) is 0 Å². The van der Waals surface area contributed by atoms with Crippen LogP contribution < -0.4 is 15.4 Å². The zero-order chi connectivity index (χ0) is 15.3. The maximum Gasteiger partial charge on any atom is 0.405 e. The van der Waals surface area contributed by atoms with Crippen LogP contribution in [0.25, 0.3) is 0 Å². The van der Waals surface area contributed by atoms with E-state index in [-0.39, 0.29) is 6.10 Å². The molecule has 1 rings (SSSR count). The van der Waals surface area contributed by atoms with Gasteiger partial charge in [-0.05, 0) is 26.0 Å². The number of urea groups is 1.